The van der Waals surface area contributed by atoms with Crippen molar-refractivity contribution in [1.82, 2.24) is 9.97 Å². The van der Waals surface area contributed by atoms with Crippen molar-refractivity contribution < 1.29 is 19.7 Å². The van der Waals surface area contributed by atoms with Crippen LogP contribution in [0.5, 0.6) is 5.75 Å². The number of H-pyrrole nitrogens is 1. The summed E-state index contributed by atoms with van der Waals surface area (Å²) < 4.78 is 5.67. The van der Waals surface area contributed by atoms with Crippen LogP contribution in [0.3, 0.4) is 0 Å². The number of aromatic carboxylic acids is 1. The number of halogens is 1. The van der Waals surface area contributed by atoms with Crippen molar-refractivity contribution in [2.75, 3.05) is 7.11 Å². The van der Waals surface area contributed by atoms with Crippen LogP contribution in [-0.4, -0.2) is 33.3 Å². The smallest absolute Gasteiger partial charge is 0.356 e. The van der Waals surface area contributed by atoms with Gasteiger partial charge < -0.3 is 19.9 Å². The summed E-state index contributed by atoms with van der Waals surface area (Å²) >= 11 is 3.31. The first-order chi connectivity index (χ1) is 9.04. The fourth-order valence-electron chi connectivity index (χ4n) is 1.70. The number of rotatable bonds is 4. The van der Waals surface area contributed by atoms with Gasteiger partial charge in [-0.25, -0.2) is 9.78 Å². The Morgan fingerprint density at radius 1 is 1.53 bits per heavy atom. The Bertz CT molecular complexity index is 612. The molecule has 0 aliphatic carbocycles. The summed E-state index contributed by atoms with van der Waals surface area (Å²) in [5.74, 6) is -0.564. The van der Waals surface area contributed by atoms with Crippen molar-refractivity contribution in [1.29, 1.82) is 0 Å². The first-order valence-electron chi connectivity index (χ1n) is 5.32. The molecule has 0 fully saturated rings. The maximum absolute atomic E-state index is 11.0. The molecule has 0 radical (unpaired) electrons. The molecule has 100 valence electrons. The number of carboxylic acid groups (broad SMARTS) is 1. The number of benzene rings is 1. The van der Waals surface area contributed by atoms with Gasteiger partial charge in [0.15, 0.2) is 5.69 Å². The number of imidazole rings is 1. The zero-order valence-electron chi connectivity index (χ0n) is 9.92. The van der Waals surface area contributed by atoms with Crippen molar-refractivity contribution in [2.45, 2.75) is 6.10 Å². The summed E-state index contributed by atoms with van der Waals surface area (Å²) in [5.41, 5.74) is 0.459. The topological polar surface area (TPSA) is 95.4 Å². The van der Waals surface area contributed by atoms with Crippen LogP contribution in [0.2, 0.25) is 0 Å². The first kappa shape index (κ1) is 13.6. The number of nitrogens with one attached hydrogen (secondary N) is 1. The van der Waals surface area contributed by atoms with Crippen molar-refractivity contribution in [3.63, 3.8) is 0 Å². The zero-order valence-corrected chi connectivity index (χ0v) is 11.5. The highest BCUT2D eigenvalue weighted by Gasteiger charge is 2.23. The normalized spacial score (nSPS) is 12.2. The fourth-order valence-corrected chi connectivity index (χ4v) is 2.27. The van der Waals surface area contributed by atoms with Crippen molar-refractivity contribution in [3.05, 3.63) is 46.0 Å². The molecule has 1 heterocycles. The summed E-state index contributed by atoms with van der Waals surface area (Å²) in [5, 5.41) is 19.2. The lowest BCUT2D eigenvalue weighted by molar-refractivity contribution is 0.0685. The number of nitrogens with zero attached hydrogens (tertiary/aromatic N) is 1. The average molecular weight is 327 g/mol. The molecule has 1 atom stereocenters. The number of aliphatic hydroxyl groups excluding tert-OH is 1. The van der Waals surface area contributed by atoms with Gasteiger partial charge in [-0.1, -0.05) is 22.0 Å². The predicted molar refractivity (Wildman–Crippen MR) is 70.3 cm³/mol. The third kappa shape index (κ3) is 2.61. The van der Waals surface area contributed by atoms with E-state index in [-0.39, 0.29) is 11.4 Å². The van der Waals surface area contributed by atoms with E-state index in [1.165, 1.54) is 13.4 Å². The molecule has 0 saturated heterocycles. The quantitative estimate of drug-likeness (QED) is 0.798. The summed E-state index contributed by atoms with van der Waals surface area (Å²) in [6.07, 6.45) is 0.119. The molecule has 0 spiro atoms. The Kier molecular flexibility index (Phi) is 3.87. The van der Waals surface area contributed by atoms with Gasteiger partial charge in [0, 0.05) is 10.0 Å². The Labute approximate surface area is 117 Å². The summed E-state index contributed by atoms with van der Waals surface area (Å²) in [4.78, 5) is 17.3. The molecule has 0 amide bonds. The van der Waals surface area contributed by atoms with Gasteiger partial charge in [0.25, 0.3) is 0 Å². The Morgan fingerprint density at radius 3 is 2.84 bits per heavy atom. The molecule has 0 aliphatic heterocycles. The van der Waals surface area contributed by atoms with E-state index in [2.05, 4.69) is 25.9 Å². The largest absolute Gasteiger partial charge is 0.497 e. The van der Waals surface area contributed by atoms with E-state index >= 15 is 0 Å². The van der Waals surface area contributed by atoms with Crippen LogP contribution in [0, 0.1) is 0 Å². The monoisotopic (exact) mass is 326 g/mol. The number of aliphatic hydroxyl groups is 1. The molecule has 3 N–H and O–H groups in total. The maximum atomic E-state index is 11.0. The standard InChI is InChI=1S/C12H11BrN2O4/c1-19-6-2-3-7(8(13)4-6)11(16)9-10(12(17)18)15-5-14-9/h2-5,11,16H,1H3,(H,14,15)(H,17,18). The fraction of sp³-hybridized carbons (Fsp3) is 0.167. The molecular formula is C12H11BrN2O4. The minimum absolute atomic E-state index is 0.137. The second-order valence-electron chi connectivity index (χ2n) is 3.76. The highest BCUT2D eigenvalue weighted by Crippen LogP contribution is 2.31. The van der Waals surface area contributed by atoms with Gasteiger partial charge in [0.1, 0.15) is 11.9 Å². The van der Waals surface area contributed by atoms with Crippen molar-refractivity contribution in [3.8, 4) is 5.75 Å². The molecule has 1 aromatic carbocycles. The number of aromatic amines is 1. The predicted octanol–water partition coefficient (Wildman–Crippen LogP) is 1.96. The van der Waals surface area contributed by atoms with Crippen LogP contribution >= 0.6 is 15.9 Å². The van der Waals surface area contributed by atoms with E-state index in [0.29, 0.717) is 15.8 Å². The van der Waals surface area contributed by atoms with Crippen LogP contribution in [0.15, 0.2) is 29.0 Å². The van der Waals surface area contributed by atoms with Crippen molar-refractivity contribution in [2.24, 2.45) is 0 Å². The third-order valence-corrected chi connectivity index (χ3v) is 3.33. The summed E-state index contributed by atoms with van der Waals surface area (Å²) in [6, 6.07) is 5.02. The van der Waals surface area contributed by atoms with E-state index in [4.69, 9.17) is 9.84 Å². The van der Waals surface area contributed by atoms with E-state index in [0.717, 1.165) is 0 Å². The molecule has 2 aromatic rings. The van der Waals surface area contributed by atoms with Crippen LogP contribution < -0.4 is 4.74 Å². The molecule has 7 heteroatoms. The van der Waals surface area contributed by atoms with Crippen molar-refractivity contribution >= 4 is 21.9 Å². The first-order valence-corrected chi connectivity index (χ1v) is 6.12. The molecule has 19 heavy (non-hydrogen) atoms. The summed E-state index contributed by atoms with van der Waals surface area (Å²) in [6.45, 7) is 0. The molecule has 2 rings (SSSR count). The minimum Gasteiger partial charge on any atom is -0.497 e. The van der Waals surface area contributed by atoms with Gasteiger partial charge in [0.2, 0.25) is 0 Å². The molecule has 0 aliphatic rings. The van der Waals surface area contributed by atoms with Gasteiger partial charge in [-0.2, -0.15) is 0 Å². The molecular weight excluding hydrogens is 316 g/mol. The lowest BCUT2D eigenvalue weighted by Crippen LogP contribution is -2.08. The third-order valence-electron chi connectivity index (χ3n) is 2.65. The number of methoxy groups -OCH3 is 1. The number of hydrogen-bond acceptors (Lipinski definition) is 4. The van der Waals surface area contributed by atoms with E-state index in [9.17, 15) is 9.90 Å². The van der Waals surface area contributed by atoms with Gasteiger partial charge in [-0.05, 0) is 12.1 Å². The van der Waals surface area contributed by atoms with Crippen LogP contribution in [0.4, 0.5) is 0 Å². The minimum atomic E-state index is -1.19. The highest BCUT2D eigenvalue weighted by atomic mass is 79.9. The molecule has 6 nitrogen and oxygen atoms in total. The second-order valence-corrected chi connectivity index (χ2v) is 4.61. The average Bonchev–Trinajstić information content (AvgIpc) is 2.87. The Hall–Kier alpha value is -1.86. The maximum Gasteiger partial charge on any atom is 0.356 e. The van der Waals surface area contributed by atoms with E-state index in [1.54, 1.807) is 18.2 Å². The number of ether oxygens (including phenoxy) is 1. The van der Waals surface area contributed by atoms with Crippen LogP contribution in [0.25, 0.3) is 0 Å². The summed E-state index contributed by atoms with van der Waals surface area (Å²) in [7, 11) is 1.54. The van der Waals surface area contributed by atoms with Gasteiger partial charge in [0.05, 0.1) is 19.1 Å². The Balaban J connectivity index is 2.41. The number of carbonyl (C=O) groups is 1. The SMILES string of the molecule is COc1ccc(C(O)c2[nH]cnc2C(=O)O)c(Br)c1. The molecule has 1 aromatic heterocycles. The van der Waals surface area contributed by atoms with Crippen LogP contribution in [-0.2, 0) is 0 Å². The number of carboxylic acids is 1. The van der Waals surface area contributed by atoms with E-state index < -0.39 is 12.1 Å². The number of aromatic nitrogens is 2. The van der Waals surface area contributed by atoms with Gasteiger partial charge in [-0.15, -0.1) is 0 Å². The lowest BCUT2D eigenvalue weighted by Gasteiger charge is -2.13. The van der Waals surface area contributed by atoms with Gasteiger partial charge >= 0.3 is 5.97 Å². The number of hydrogen-bond donors (Lipinski definition) is 3. The zero-order chi connectivity index (χ0) is 14.0. The van der Waals surface area contributed by atoms with E-state index in [1.807, 2.05) is 0 Å². The molecule has 1 unspecified atom stereocenters. The second kappa shape index (κ2) is 5.41. The van der Waals surface area contributed by atoms with Crippen LogP contribution in [0.1, 0.15) is 27.8 Å². The lowest BCUT2D eigenvalue weighted by atomic mass is 10.1. The molecule has 0 saturated carbocycles. The van der Waals surface area contributed by atoms with Gasteiger partial charge in [-0.3, -0.25) is 0 Å². The Morgan fingerprint density at radius 2 is 2.26 bits per heavy atom. The highest BCUT2D eigenvalue weighted by molar-refractivity contribution is 9.10. The molecule has 0 bridgehead atoms.